The molecule has 1 aliphatic carbocycles. The molecule has 1 unspecified atom stereocenters. The summed E-state index contributed by atoms with van der Waals surface area (Å²) in [6, 6.07) is 11.7. The van der Waals surface area contributed by atoms with E-state index in [1.165, 1.54) is 18.5 Å². The molecule has 38 heavy (non-hydrogen) atoms. The maximum absolute atomic E-state index is 14.3. The van der Waals surface area contributed by atoms with Gasteiger partial charge in [0.05, 0.1) is 0 Å². The van der Waals surface area contributed by atoms with Crippen molar-refractivity contribution < 1.29 is 21.9 Å². The average Bonchev–Trinajstić information content (AvgIpc) is 3.34. The highest BCUT2D eigenvalue weighted by Crippen LogP contribution is 2.42. The van der Waals surface area contributed by atoms with Crippen LogP contribution >= 0.6 is 15.9 Å². The quantitative estimate of drug-likeness (QED) is 0.251. The van der Waals surface area contributed by atoms with Crippen molar-refractivity contribution in [2.75, 3.05) is 0 Å². The Hall–Kier alpha value is -3.50. The molecule has 1 atom stereocenters. The van der Waals surface area contributed by atoms with Crippen LogP contribution < -0.4 is 10.3 Å². The van der Waals surface area contributed by atoms with Gasteiger partial charge in [-0.05, 0) is 73.4 Å². The topological polar surface area (TPSA) is 81.2 Å². The monoisotopic (exact) mass is 600 g/mol. The van der Waals surface area contributed by atoms with Crippen LogP contribution in [0.15, 0.2) is 83.4 Å². The van der Waals surface area contributed by atoms with E-state index in [0.717, 1.165) is 21.7 Å². The Kier molecular flexibility index (Phi) is 6.65. The lowest BCUT2D eigenvalue weighted by atomic mass is 9.87. The summed E-state index contributed by atoms with van der Waals surface area (Å²) >= 11 is 3.44. The second-order valence-electron chi connectivity index (χ2n) is 9.29. The van der Waals surface area contributed by atoms with Crippen molar-refractivity contribution in [2.45, 2.75) is 30.3 Å². The lowest BCUT2D eigenvalue weighted by molar-refractivity contribution is 0.436. The van der Waals surface area contributed by atoms with Crippen molar-refractivity contribution in [1.82, 2.24) is 8.96 Å². The van der Waals surface area contributed by atoms with Gasteiger partial charge in [-0.2, -0.15) is 0 Å². The number of hydrogen-bond donors (Lipinski definition) is 1. The van der Waals surface area contributed by atoms with Crippen molar-refractivity contribution in [3.8, 4) is 11.5 Å². The van der Waals surface area contributed by atoms with Gasteiger partial charge in [0.15, 0.2) is 11.6 Å². The number of rotatable bonds is 6. The van der Waals surface area contributed by atoms with E-state index in [-0.39, 0.29) is 17.7 Å². The summed E-state index contributed by atoms with van der Waals surface area (Å²) in [7, 11) is -4.04. The van der Waals surface area contributed by atoms with Gasteiger partial charge in [0.2, 0.25) is 10.0 Å². The minimum atomic E-state index is -4.04. The number of benzene rings is 2. The Balaban J connectivity index is 1.55. The molecule has 10 heteroatoms. The summed E-state index contributed by atoms with van der Waals surface area (Å²) in [5.41, 5.74) is 2.40. The number of aromatic amines is 1. The summed E-state index contributed by atoms with van der Waals surface area (Å²) in [6.07, 6.45) is 6.55. The van der Waals surface area contributed by atoms with E-state index in [2.05, 4.69) is 20.9 Å². The van der Waals surface area contributed by atoms with Gasteiger partial charge in [-0.15, -0.1) is 0 Å². The van der Waals surface area contributed by atoms with Gasteiger partial charge < -0.3 is 9.72 Å². The first-order valence-electron chi connectivity index (χ1n) is 11.7. The van der Waals surface area contributed by atoms with E-state index in [1.807, 2.05) is 12.1 Å². The highest BCUT2D eigenvalue weighted by Gasteiger charge is 2.43. The normalized spacial score (nSPS) is 17.8. The van der Waals surface area contributed by atoms with Gasteiger partial charge in [-0.1, -0.05) is 34.1 Å². The summed E-state index contributed by atoms with van der Waals surface area (Å²) in [5.74, 6) is -1.34. The Morgan fingerprint density at radius 1 is 1.11 bits per heavy atom. The van der Waals surface area contributed by atoms with Crippen molar-refractivity contribution >= 4 is 42.4 Å². The molecule has 2 heterocycles. The smallest absolute Gasteiger partial charge is 0.273 e. The van der Waals surface area contributed by atoms with E-state index in [0.29, 0.717) is 33.2 Å². The molecule has 0 amide bonds. The first-order valence-corrected chi connectivity index (χ1v) is 14.3. The highest BCUT2D eigenvalue weighted by molar-refractivity contribution is 9.08. The van der Waals surface area contributed by atoms with Gasteiger partial charge in [-0.25, -0.2) is 21.2 Å². The predicted octanol–water partition coefficient (Wildman–Crippen LogP) is 6.67. The molecular weight excluding hydrogens is 578 g/mol. The molecule has 2 aromatic carbocycles. The Bertz CT molecular complexity index is 1810. The van der Waals surface area contributed by atoms with Crippen LogP contribution in [0.3, 0.4) is 0 Å². The predicted molar refractivity (Wildman–Crippen MR) is 147 cm³/mol. The molecule has 6 nitrogen and oxygen atoms in total. The van der Waals surface area contributed by atoms with Crippen molar-refractivity contribution in [1.29, 1.82) is 0 Å². The van der Waals surface area contributed by atoms with Gasteiger partial charge in [0, 0.05) is 34.7 Å². The number of alkyl halides is 1. The first kappa shape index (κ1) is 26.1. The second-order valence-corrected chi connectivity index (χ2v) is 12.1. The number of pyridine rings is 1. The second kappa shape index (κ2) is 9.67. The van der Waals surface area contributed by atoms with Crippen LogP contribution in [0.4, 0.5) is 8.78 Å². The fourth-order valence-electron chi connectivity index (χ4n) is 4.55. The van der Waals surface area contributed by atoms with Crippen LogP contribution in [0.25, 0.3) is 16.5 Å². The van der Waals surface area contributed by atoms with E-state index in [9.17, 15) is 22.0 Å². The molecule has 0 radical (unpaired) electrons. The molecule has 0 bridgehead atoms. The lowest BCUT2D eigenvalue weighted by Crippen LogP contribution is -2.41. The Labute approximate surface area is 226 Å². The molecule has 0 saturated heterocycles. The van der Waals surface area contributed by atoms with Crippen LogP contribution in [0, 0.1) is 11.6 Å². The van der Waals surface area contributed by atoms with E-state index in [4.69, 9.17) is 4.74 Å². The molecule has 0 fully saturated rings. The largest absolute Gasteiger partial charge is 0.454 e. The van der Waals surface area contributed by atoms with E-state index >= 15 is 0 Å². The number of hydrogen-bond acceptors (Lipinski definition) is 4. The zero-order chi connectivity index (χ0) is 27.2. The third kappa shape index (κ3) is 4.31. The fourth-order valence-corrected chi connectivity index (χ4v) is 6.74. The molecule has 1 aliphatic rings. The summed E-state index contributed by atoms with van der Waals surface area (Å²) < 4.78 is 61.1. The Morgan fingerprint density at radius 2 is 1.87 bits per heavy atom. The van der Waals surface area contributed by atoms with Gasteiger partial charge >= 0.3 is 0 Å². The van der Waals surface area contributed by atoms with Crippen molar-refractivity contribution in [2.24, 2.45) is 0 Å². The first-order chi connectivity index (χ1) is 18.0. The molecule has 5 rings (SSSR count). The molecule has 1 N–H and O–H groups in total. The number of fused-ring (bicyclic) bond motifs is 1. The molecule has 4 aromatic rings. The minimum absolute atomic E-state index is 0.0679. The SMILES string of the molecule is CC1=CC(c2cc(CBr)ccc2Oc2ccc(F)cc2F)=CCC1(C)S(=O)(=O)n1ccc2cc[nH]c(=O)c21. The highest BCUT2D eigenvalue weighted by atomic mass is 79.9. The van der Waals surface area contributed by atoms with Gasteiger partial charge in [0.1, 0.15) is 21.8 Å². The van der Waals surface area contributed by atoms with Crippen LogP contribution in [0.1, 0.15) is 31.4 Å². The molecule has 0 aliphatic heterocycles. The average molecular weight is 601 g/mol. The third-order valence-corrected chi connectivity index (χ3v) is 10.0. The van der Waals surface area contributed by atoms with E-state index in [1.54, 1.807) is 44.2 Å². The van der Waals surface area contributed by atoms with E-state index < -0.39 is 32.0 Å². The fraction of sp³-hybridized carbons (Fsp3) is 0.179. The summed E-state index contributed by atoms with van der Waals surface area (Å²) in [6.45, 7) is 3.36. The van der Waals surface area contributed by atoms with Crippen molar-refractivity contribution in [3.05, 3.63) is 112 Å². The molecule has 0 spiro atoms. The van der Waals surface area contributed by atoms with Crippen LogP contribution in [0.2, 0.25) is 0 Å². The number of nitrogens with one attached hydrogen (secondary N) is 1. The minimum Gasteiger partial charge on any atom is -0.454 e. The molecule has 2 aromatic heterocycles. The molecular formula is C28H23BrF2N2O4S. The third-order valence-electron chi connectivity index (χ3n) is 6.94. The summed E-state index contributed by atoms with van der Waals surface area (Å²) in [5, 5.41) is 1.08. The number of aromatic nitrogens is 2. The van der Waals surface area contributed by atoms with Crippen LogP contribution in [0.5, 0.6) is 11.5 Å². The standard InChI is InChI=1S/C28H23BrF2N2O4S/c1-17-13-20(22-14-18(16-29)3-5-24(22)37-25-6-4-21(30)15-23(25)31)7-10-28(17,2)38(35,36)33-12-9-19-8-11-32-27(34)26(19)33/h3-9,11-15H,10,16H2,1-2H3,(H,32,34). The Morgan fingerprint density at radius 3 is 2.58 bits per heavy atom. The number of allylic oxidation sites excluding steroid dienone is 3. The summed E-state index contributed by atoms with van der Waals surface area (Å²) in [4.78, 5) is 15.0. The van der Waals surface area contributed by atoms with Gasteiger partial charge in [0.25, 0.3) is 5.56 Å². The van der Waals surface area contributed by atoms with Gasteiger partial charge in [-0.3, -0.25) is 4.79 Å². The van der Waals surface area contributed by atoms with Crippen LogP contribution in [-0.4, -0.2) is 22.1 Å². The maximum atomic E-state index is 14.3. The zero-order valence-corrected chi connectivity index (χ0v) is 22.9. The zero-order valence-electron chi connectivity index (χ0n) is 20.5. The molecule has 0 saturated carbocycles. The lowest BCUT2D eigenvalue weighted by Gasteiger charge is -2.33. The molecule has 196 valence electrons. The van der Waals surface area contributed by atoms with Crippen molar-refractivity contribution in [3.63, 3.8) is 0 Å². The number of halogens is 3. The van der Waals surface area contributed by atoms with Crippen LogP contribution in [-0.2, 0) is 15.4 Å². The number of H-pyrrole nitrogens is 1. The maximum Gasteiger partial charge on any atom is 0.273 e. The number of nitrogens with zero attached hydrogens (tertiary/aromatic N) is 1. The number of ether oxygens (including phenoxy) is 1.